The van der Waals surface area contributed by atoms with E-state index >= 15 is 0 Å². The van der Waals surface area contributed by atoms with Crippen LogP contribution in [0.3, 0.4) is 0 Å². The highest BCUT2D eigenvalue weighted by molar-refractivity contribution is 9.10. The van der Waals surface area contributed by atoms with Gasteiger partial charge in [0.2, 0.25) is 5.13 Å². The Hall–Kier alpha value is -1.15. The molecule has 0 aliphatic heterocycles. The first-order valence-electron chi connectivity index (χ1n) is 5.77. The molecule has 8 heteroatoms. The van der Waals surface area contributed by atoms with Gasteiger partial charge in [-0.25, -0.2) is 4.98 Å². The van der Waals surface area contributed by atoms with Crippen LogP contribution < -0.4 is 5.43 Å². The molecule has 1 aromatic carbocycles. The third-order valence-electron chi connectivity index (χ3n) is 2.64. The summed E-state index contributed by atoms with van der Waals surface area (Å²) in [6.45, 7) is 3.82. The predicted octanol–water partition coefficient (Wildman–Crippen LogP) is 5.28. The lowest BCUT2D eigenvalue weighted by atomic mass is 10.2. The summed E-state index contributed by atoms with van der Waals surface area (Å²) in [5.74, 6) is 0. The van der Waals surface area contributed by atoms with E-state index in [9.17, 15) is 13.2 Å². The van der Waals surface area contributed by atoms with Gasteiger partial charge >= 0.3 is 6.18 Å². The molecule has 1 heterocycles. The maximum absolute atomic E-state index is 12.8. The van der Waals surface area contributed by atoms with E-state index in [0.29, 0.717) is 15.3 Å². The lowest BCUT2D eigenvalue weighted by molar-refractivity contribution is -0.138. The summed E-state index contributed by atoms with van der Waals surface area (Å²) in [7, 11) is 0. The van der Waals surface area contributed by atoms with Gasteiger partial charge in [0.15, 0.2) is 0 Å². The summed E-state index contributed by atoms with van der Waals surface area (Å²) in [4.78, 5) is 4.11. The second kappa shape index (κ2) is 5.69. The van der Waals surface area contributed by atoms with E-state index in [0.717, 1.165) is 18.2 Å². The van der Waals surface area contributed by atoms with Crippen molar-refractivity contribution in [2.75, 3.05) is 5.43 Å². The number of thiazole rings is 1. The number of hydrogen-bond acceptors (Lipinski definition) is 4. The Morgan fingerprint density at radius 1 is 1.45 bits per heavy atom. The average molecular weight is 366 g/mol. The molecule has 0 aliphatic rings. The molecule has 0 atom stereocenters. The van der Waals surface area contributed by atoms with Gasteiger partial charge in [0, 0.05) is 10.2 Å². The number of hydrazone groups is 1. The molecule has 2 aromatic rings. The van der Waals surface area contributed by atoms with Crippen LogP contribution in [0.5, 0.6) is 0 Å². The standard InChI is InChI=1S/C12H11BrF3N3S/c1-3-6(2)18-19-11-17-9-4-7(12(14,15)16)8(13)5-10(9)20-11/h4-5H,3H2,1-2H3,(H,17,19)/b18-6-. The normalized spacial score (nSPS) is 13.0. The summed E-state index contributed by atoms with van der Waals surface area (Å²) < 4.78 is 39.1. The van der Waals surface area contributed by atoms with Crippen LogP contribution in [0.4, 0.5) is 18.3 Å². The van der Waals surface area contributed by atoms with E-state index < -0.39 is 11.7 Å². The van der Waals surface area contributed by atoms with Gasteiger partial charge in [-0.3, -0.25) is 5.43 Å². The molecule has 3 nitrogen and oxygen atoms in total. The third kappa shape index (κ3) is 3.29. The molecule has 0 amide bonds. The van der Waals surface area contributed by atoms with Gasteiger partial charge in [0.05, 0.1) is 15.8 Å². The largest absolute Gasteiger partial charge is 0.417 e. The van der Waals surface area contributed by atoms with E-state index in [1.165, 1.54) is 17.4 Å². The van der Waals surface area contributed by atoms with Gasteiger partial charge in [0.25, 0.3) is 0 Å². The second-order valence-electron chi connectivity index (χ2n) is 4.13. The van der Waals surface area contributed by atoms with Crippen molar-refractivity contribution >= 4 is 48.3 Å². The van der Waals surface area contributed by atoms with Gasteiger partial charge in [-0.1, -0.05) is 34.2 Å². The number of alkyl halides is 3. The van der Waals surface area contributed by atoms with Crippen molar-refractivity contribution < 1.29 is 13.2 Å². The van der Waals surface area contributed by atoms with Crippen molar-refractivity contribution in [2.24, 2.45) is 5.10 Å². The molecule has 0 bridgehead atoms. The van der Waals surface area contributed by atoms with Crippen LogP contribution in [0, 0.1) is 0 Å². The second-order valence-corrected chi connectivity index (χ2v) is 6.01. The Bertz CT molecular complexity index is 664. The van der Waals surface area contributed by atoms with Gasteiger partial charge in [-0.2, -0.15) is 18.3 Å². The summed E-state index contributed by atoms with van der Waals surface area (Å²) in [6.07, 6.45) is -3.61. The fraction of sp³-hybridized carbons (Fsp3) is 0.333. The van der Waals surface area contributed by atoms with Gasteiger partial charge in [-0.05, 0) is 25.5 Å². The highest BCUT2D eigenvalue weighted by Crippen LogP contribution is 2.39. The zero-order valence-electron chi connectivity index (χ0n) is 10.7. The van der Waals surface area contributed by atoms with Gasteiger partial charge < -0.3 is 0 Å². The first-order chi connectivity index (χ1) is 9.31. The molecule has 20 heavy (non-hydrogen) atoms. The molecule has 108 valence electrons. The molecule has 0 fully saturated rings. The maximum atomic E-state index is 12.8. The highest BCUT2D eigenvalue weighted by Gasteiger charge is 2.33. The van der Waals surface area contributed by atoms with E-state index in [1.807, 2.05) is 13.8 Å². The topological polar surface area (TPSA) is 37.3 Å². The SMILES string of the molecule is CC/C(C)=N\Nc1nc2cc(C(F)(F)F)c(Br)cc2s1. The number of hydrogen-bond donors (Lipinski definition) is 1. The van der Waals surface area contributed by atoms with Crippen LogP contribution in [-0.2, 0) is 6.18 Å². The number of nitrogens with one attached hydrogen (secondary N) is 1. The molecule has 0 saturated carbocycles. The molecule has 2 rings (SSSR count). The first kappa shape index (κ1) is 15.2. The lowest BCUT2D eigenvalue weighted by Gasteiger charge is -2.08. The minimum atomic E-state index is -4.40. The summed E-state index contributed by atoms with van der Waals surface area (Å²) in [6, 6.07) is 2.47. The van der Waals surface area contributed by atoms with Crippen LogP contribution in [0.15, 0.2) is 21.7 Å². The molecule has 0 unspecified atom stereocenters. The molecule has 0 aliphatic carbocycles. The highest BCUT2D eigenvalue weighted by atomic mass is 79.9. The van der Waals surface area contributed by atoms with Crippen molar-refractivity contribution in [1.29, 1.82) is 0 Å². The maximum Gasteiger partial charge on any atom is 0.417 e. The monoisotopic (exact) mass is 365 g/mol. The zero-order chi connectivity index (χ0) is 14.9. The minimum Gasteiger partial charge on any atom is -0.253 e. The summed E-state index contributed by atoms with van der Waals surface area (Å²) in [5, 5.41) is 4.55. The molecule has 0 radical (unpaired) electrons. The average Bonchev–Trinajstić information content (AvgIpc) is 2.75. The van der Waals surface area contributed by atoms with Gasteiger partial charge in [0.1, 0.15) is 0 Å². The van der Waals surface area contributed by atoms with Gasteiger partial charge in [-0.15, -0.1) is 0 Å². The number of benzene rings is 1. The Morgan fingerprint density at radius 3 is 2.75 bits per heavy atom. The number of anilines is 1. The number of fused-ring (bicyclic) bond motifs is 1. The number of halogens is 4. The van der Waals surface area contributed by atoms with E-state index in [1.54, 1.807) is 0 Å². The Balaban J connectivity index is 2.40. The molecular weight excluding hydrogens is 355 g/mol. The number of nitrogens with zero attached hydrogens (tertiary/aromatic N) is 2. The van der Waals surface area contributed by atoms with Crippen molar-refractivity contribution in [3.8, 4) is 0 Å². The van der Waals surface area contributed by atoms with Crippen LogP contribution >= 0.6 is 27.3 Å². The molecule has 0 spiro atoms. The fourth-order valence-corrected chi connectivity index (χ4v) is 2.99. The van der Waals surface area contributed by atoms with Crippen molar-refractivity contribution in [3.63, 3.8) is 0 Å². The third-order valence-corrected chi connectivity index (χ3v) is 4.22. The zero-order valence-corrected chi connectivity index (χ0v) is 13.1. The number of aromatic nitrogens is 1. The fourth-order valence-electron chi connectivity index (χ4n) is 1.44. The van der Waals surface area contributed by atoms with Crippen LogP contribution in [0.25, 0.3) is 10.2 Å². The van der Waals surface area contributed by atoms with Crippen molar-refractivity contribution in [3.05, 3.63) is 22.2 Å². The summed E-state index contributed by atoms with van der Waals surface area (Å²) >= 11 is 4.20. The van der Waals surface area contributed by atoms with Crippen LogP contribution in [0.1, 0.15) is 25.8 Å². The molecule has 0 saturated heterocycles. The predicted molar refractivity (Wildman–Crippen MR) is 79.3 cm³/mol. The van der Waals surface area contributed by atoms with Crippen LogP contribution in [0.2, 0.25) is 0 Å². The number of rotatable bonds is 3. The lowest BCUT2D eigenvalue weighted by Crippen LogP contribution is -2.05. The molecule has 1 aromatic heterocycles. The smallest absolute Gasteiger partial charge is 0.253 e. The summed E-state index contributed by atoms with van der Waals surface area (Å²) in [5.41, 5.74) is 3.23. The van der Waals surface area contributed by atoms with Crippen molar-refractivity contribution in [1.82, 2.24) is 4.98 Å². The molecule has 1 N–H and O–H groups in total. The van der Waals surface area contributed by atoms with Crippen LogP contribution in [-0.4, -0.2) is 10.7 Å². The van der Waals surface area contributed by atoms with E-state index in [2.05, 4.69) is 31.4 Å². The Morgan fingerprint density at radius 2 is 2.15 bits per heavy atom. The van der Waals surface area contributed by atoms with E-state index in [4.69, 9.17) is 0 Å². The van der Waals surface area contributed by atoms with E-state index in [-0.39, 0.29) is 4.47 Å². The Kier molecular flexibility index (Phi) is 4.33. The first-order valence-corrected chi connectivity index (χ1v) is 7.38. The Labute approximate surface area is 126 Å². The molecular formula is C12H11BrF3N3S. The van der Waals surface area contributed by atoms with Crippen molar-refractivity contribution in [2.45, 2.75) is 26.4 Å². The minimum absolute atomic E-state index is 0.0148. The quantitative estimate of drug-likeness (QED) is 0.593.